The smallest absolute Gasteiger partial charge is 0.0667 e. The second kappa shape index (κ2) is 5.89. The quantitative estimate of drug-likeness (QED) is 0.801. The zero-order valence-electron chi connectivity index (χ0n) is 10.1. The van der Waals surface area contributed by atoms with Crippen LogP contribution in [-0.4, -0.2) is 19.8 Å². The first kappa shape index (κ1) is 12.2. The monoisotopic (exact) mass is 207 g/mol. The topological polar surface area (TPSA) is 21.3 Å². The minimum Gasteiger partial charge on any atom is -0.380 e. The van der Waals surface area contributed by atoms with Crippen LogP contribution in [-0.2, 0) is 4.74 Å². The van der Waals surface area contributed by atoms with Gasteiger partial charge in [-0.2, -0.15) is 0 Å². The summed E-state index contributed by atoms with van der Waals surface area (Å²) in [7, 11) is 1.74. The van der Waals surface area contributed by atoms with Crippen LogP contribution < -0.4 is 5.32 Å². The Morgan fingerprint density at radius 2 is 1.80 bits per heavy atom. The molecule has 1 rings (SSSR count). The molecule has 1 unspecified atom stereocenters. The highest BCUT2D eigenvalue weighted by molar-refractivity contribution is 5.23. The maximum Gasteiger partial charge on any atom is 0.0667 e. The molecule has 0 bridgehead atoms. The number of nitrogens with one attached hydrogen (secondary N) is 1. The Labute approximate surface area is 92.6 Å². The van der Waals surface area contributed by atoms with E-state index in [9.17, 15) is 0 Å². The predicted molar refractivity (Wildman–Crippen MR) is 64.1 cm³/mol. The van der Waals surface area contributed by atoms with Crippen molar-refractivity contribution in [3.63, 3.8) is 0 Å². The van der Waals surface area contributed by atoms with Gasteiger partial charge in [-0.25, -0.2) is 0 Å². The van der Waals surface area contributed by atoms with E-state index in [-0.39, 0.29) is 6.10 Å². The highest BCUT2D eigenvalue weighted by atomic mass is 16.5. The molecule has 0 heterocycles. The largest absolute Gasteiger partial charge is 0.380 e. The van der Waals surface area contributed by atoms with E-state index in [1.807, 2.05) is 0 Å². The van der Waals surface area contributed by atoms with Crippen molar-refractivity contribution in [3.05, 3.63) is 35.4 Å². The summed E-state index contributed by atoms with van der Waals surface area (Å²) in [4.78, 5) is 0. The van der Waals surface area contributed by atoms with Crippen molar-refractivity contribution in [2.45, 2.75) is 32.9 Å². The molecule has 0 aromatic heterocycles. The predicted octanol–water partition coefficient (Wildman–Crippen LogP) is 2.68. The molecule has 1 aromatic carbocycles. The third-order valence-corrected chi connectivity index (χ3v) is 2.69. The molecule has 84 valence electrons. The summed E-state index contributed by atoms with van der Waals surface area (Å²) < 4.78 is 5.19. The fourth-order valence-corrected chi connectivity index (χ4v) is 1.40. The molecule has 0 spiro atoms. The summed E-state index contributed by atoms with van der Waals surface area (Å²) in [6.07, 6.45) is 0.262. The molecule has 1 aromatic rings. The minimum absolute atomic E-state index is 0.262. The van der Waals surface area contributed by atoms with E-state index in [0.717, 1.165) is 6.54 Å². The molecule has 0 aliphatic carbocycles. The van der Waals surface area contributed by atoms with E-state index in [4.69, 9.17) is 4.74 Å². The molecule has 0 radical (unpaired) electrons. The maximum atomic E-state index is 5.19. The van der Waals surface area contributed by atoms with Crippen molar-refractivity contribution >= 4 is 0 Å². The van der Waals surface area contributed by atoms with Crippen LogP contribution in [0.2, 0.25) is 0 Å². The maximum absolute atomic E-state index is 5.19. The molecule has 0 aliphatic rings. The Morgan fingerprint density at radius 1 is 1.20 bits per heavy atom. The molecule has 0 saturated carbocycles. The Balaban J connectivity index is 2.46. The standard InChI is InChI=1S/C13H21NO/c1-10-5-7-13(8-6-10)12(3)14-9-11(2)15-4/h5-8,11-12,14H,9H2,1-4H3/t11?,12-/m1/s1. The highest BCUT2D eigenvalue weighted by Crippen LogP contribution is 2.12. The summed E-state index contributed by atoms with van der Waals surface area (Å²) in [6.45, 7) is 7.22. The van der Waals surface area contributed by atoms with E-state index in [1.54, 1.807) is 7.11 Å². The lowest BCUT2D eigenvalue weighted by Crippen LogP contribution is -2.28. The van der Waals surface area contributed by atoms with Gasteiger partial charge in [0.05, 0.1) is 6.10 Å². The van der Waals surface area contributed by atoms with Gasteiger partial charge in [-0.1, -0.05) is 29.8 Å². The lowest BCUT2D eigenvalue weighted by molar-refractivity contribution is 0.115. The fraction of sp³-hybridized carbons (Fsp3) is 0.538. The van der Waals surface area contributed by atoms with Crippen LogP contribution in [0.25, 0.3) is 0 Å². The van der Waals surface area contributed by atoms with Gasteiger partial charge in [-0.3, -0.25) is 0 Å². The molecule has 0 fully saturated rings. The van der Waals surface area contributed by atoms with Crippen LogP contribution in [0.1, 0.15) is 31.0 Å². The highest BCUT2D eigenvalue weighted by Gasteiger charge is 2.06. The van der Waals surface area contributed by atoms with Crippen LogP contribution in [0.15, 0.2) is 24.3 Å². The van der Waals surface area contributed by atoms with Crippen molar-refractivity contribution in [2.24, 2.45) is 0 Å². The molecular weight excluding hydrogens is 186 g/mol. The van der Waals surface area contributed by atoms with Gasteiger partial charge in [-0.15, -0.1) is 0 Å². The van der Waals surface area contributed by atoms with Crippen molar-refractivity contribution in [1.29, 1.82) is 0 Å². The van der Waals surface area contributed by atoms with Crippen LogP contribution in [0, 0.1) is 6.92 Å². The van der Waals surface area contributed by atoms with Crippen LogP contribution in [0.3, 0.4) is 0 Å². The number of hydrogen-bond donors (Lipinski definition) is 1. The van der Waals surface area contributed by atoms with Gasteiger partial charge in [0, 0.05) is 19.7 Å². The summed E-state index contributed by atoms with van der Waals surface area (Å²) in [5.41, 5.74) is 2.63. The number of methoxy groups -OCH3 is 1. The van der Waals surface area contributed by atoms with Crippen LogP contribution in [0.4, 0.5) is 0 Å². The van der Waals surface area contributed by atoms with Crippen molar-refractivity contribution in [2.75, 3.05) is 13.7 Å². The molecule has 2 atom stereocenters. The van der Waals surface area contributed by atoms with Gasteiger partial charge in [0.15, 0.2) is 0 Å². The van der Waals surface area contributed by atoms with Gasteiger partial charge in [-0.05, 0) is 26.3 Å². The van der Waals surface area contributed by atoms with E-state index < -0.39 is 0 Å². The zero-order valence-corrected chi connectivity index (χ0v) is 10.1. The Kier molecular flexibility index (Phi) is 4.79. The van der Waals surface area contributed by atoms with Gasteiger partial charge < -0.3 is 10.1 Å². The van der Waals surface area contributed by atoms with E-state index >= 15 is 0 Å². The summed E-state index contributed by atoms with van der Waals surface area (Å²) in [6, 6.07) is 9.01. The number of benzene rings is 1. The number of rotatable bonds is 5. The average molecular weight is 207 g/mol. The third kappa shape index (κ3) is 4.02. The van der Waals surface area contributed by atoms with Gasteiger partial charge >= 0.3 is 0 Å². The van der Waals surface area contributed by atoms with Gasteiger partial charge in [0.1, 0.15) is 0 Å². The van der Waals surface area contributed by atoms with E-state index in [1.165, 1.54) is 11.1 Å². The Morgan fingerprint density at radius 3 is 2.33 bits per heavy atom. The fourth-order valence-electron chi connectivity index (χ4n) is 1.40. The van der Waals surface area contributed by atoms with Crippen LogP contribution in [0.5, 0.6) is 0 Å². The minimum atomic E-state index is 0.262. The summed E-state index contributed by atoms with van der Waals surface area (Å²) in [5.74, 6) is 0. The molecule has 2 nitrogen and oxygen atoms in total. The summed E-state index contributed by atoms with van der Waals surface area (Å²) >= 11 is 0. The van der Waals surface area contributed by atoms with Crippen LogP contribution >= 0.6 is 0 Å². The third-order valence-electron chi connectivity index (χ3n) is 2.69. The SMILES string of the molecule is COC(C)CN[C@H](C)c1ccc(C)cc1. The molecule has 1 N–H and O–H groups in total. The Hall–Kier alpha value is -0.860. The first-order valence-corrected chi connectivity index (χ1v) is 5.46. The van der Waals surface area contributed by atoms with Crippen molar-refractivity contribution in [1.82, 2.24) is 5.32 Å². The first-order chi connectivity index (χ1) is 7.13. The molecule has 0 aliphatic heterocycles. The lowest BCUT2D eigenvalue weighted by Gasteiger charge is -2.17. The molecular formula is C13H21NO. The van der Waals surface area contributed by atoms with Crippen molar-refractivity contribution < 1.29 is 4.74 Å². The van der Waals surface area contributed by atoms with E-state index in [2.05, 4.69) is 50.4 Å². The first-order valence-electron chi connectivity index (χ1n) is 5.46. The number of aryl methyl sites for hydroxylation is 1. The normalized spacial score (nSPS) is 14.9. The number of hydrogen-bond acceptors (Lipinski definition) is 2. The van der Waals surface area contributed by atoms with Crippen molar-refractivity contribution in [3.8, 4) is 0 Å². The molecule has 0 amide bonds. The second-order valence-electron chi connectivity index (χ2n) is 4.09. The average Bonchev–Trinajstić information content (AvgIpc) is 2.26. The number of ether oxygens (including phenoxy) is 1. The molecule has 15 heavy (non-hydrogen) atoms. The summed E-state index contributed by atoms with van der Waals surface area (Å²) in [5, 5.41) is 3.44. The Bertz CT molecular complexity index is 281. The zero-order chi connectivity index (χ0) is 11.3. The van der Waals surface area contributed by atoms with E-state index in [0.29, 0.717) is 6.04 Å². The lowest BCUT2D eigenvalue weighted by atomic mass is 10.1. The molecule has 0 saturated heterocycles. The van der Waals surface area contributed by atoms with Gasteiger partial charge in [0.2, 0.25) is 0 Å². The van der Waals surface area contributed by atoms with Gasteiger partial charge in [0.25, 0.3) is 0 Å². The molecule has 2 heteroatoms. The second-order valence-corrected chi connectivity index (χ2v) is 4.09.